The number of rotatable bonds is 4. The number of anilines is 1. The first kappa shape index (κ1) is 15.1. The van der Waals surface area contributed by atoms with Crippen LogP contribution >= 0.6 is 11.8 Å². The first-order valence-corrected chi connectivity index (χ1v) is 8.31. The van der Waals surface area contributed by atoms with Gasteiger partial charge in [-0.05, 0) is 43.9 Å². The predicted octanol–water partition coefficient (Wildman–Crippen LogP) is 2.38. The van der Waals surface area contributed by atoms with Crippen LogP contribution in [0.4, 0.5) is 5.69 Å². The molecule has 1 atom stereocenters. The SMILES string of the molecule is Cc1ccc(C)c(NC(=O)CC2SC(=NC3CC3)NC2=O)c1. The van der Waals surface area contributed by atoms with Crippen LogP contribution in [0, 0.1) is 13.8 Å². The van der Waals surface area contributed by atoms with E-state index in [0.29, 0.717) is 11.2 Å². The molecule has 2 N–H and O–H groups in total. The molecule has 0 aromatic heterocycles. The van der Waals surface area contributed by atoms with Gasteiger partial charge in [0.25, 0.3) is 0 Å². The third kappa shape index (κ3) is 3.68. The summed E-state index contributed by atoms with van der Waals surface area (Å²) in [6.07, 6.45) is 2.35. The monoisotopic (exact) mass is 317 g/mol. The van der Waals surface area contributed by atoms with Crippen molar-refractivity contribution in [2.45, 2.75) is 44.4 Å². The van der Waals surface area contributed by atoms with Crippen molar-refractivity contribution in [2.24, 2.45) is 4.99 Å². The van der Waals surface area contributed by atoms with Crippen LogP contribution in [-0.4, -0.2) is 28.3 Å². The molecule has 116 valence electrons. The first-order chi connectivity index (χ1) is 10.5. The molecule has 0 bridgehead atoms. The topological polar surface area (TPSA) is 70.6 Å². The van der Waals surface area contributed by atoms with E-state index in [4.69, 9.17) is 0 Å². The van der Waals surface area contributed by atoms with Crippen LogP contribution in [0.5, 0.6) is 0 Å². The van der Waals surface area contributed by atoms with Crippen molar-refractivity contribution >= 4 is 34.4 Å². The molecule has 0 radical (unpaired) electrons. The predicted molar refractivity (Wildman–Crippen MR) is 89.1 cm³/mol. The number of amides is 2. The van der Waals surface area contributed by atoms with E-state index in [2.05, 4.69) is 15.6 Å². The van der Waals surface area contributed by atoms with E-state index >= 15 is 0 Å². The Kier molecular flexibility index (Phi) is 4.20. The molecule has 1 heterocycles. The number of nitrogens with zero attached hydrogens (tertiary/aromatic N) is 1. The van der Waals surface area contributed by atoms with Crippen molar-refractivity contribution in [1.29, 1.82) is 0 Å². The summed E-state index contributed by atoms with van der Waals surface area (Å²) < 4.78 is 0. The summed E-state index contributed by atoms with van der Waals surface area (Å²) in [5.74, 6) is -0.269. The molecule has 1 aromatic rings. The maximum absolute atomic E-state index is 12.2. The van der Waals surface area contributed by atoms with Gasteiger partial charge < -0.3 is 10.6 Å². The van der Waals surface area contributed by atoms with Gasteiger partial charge in [0.15, 0.2) is 5.17 Å². The molecule has 0 spiro atoms. The number of amidine groups is 1. The largest absolute Gasteiger partial charge is 0.326 e. The van der Waals surface area contributed by atoms with Crippen molar-refractivity contribution in [3.05, 3.63) is 29.3 Å². The van der Waals surface area contributed by atoms with Crippen molar-refractivity contribution < 1.29 is 9.59 Å². The molecule has 1 aliphatic carbocycles. The molecular formula is C16H19N3O2S. The maximum atomic E-state index is 12.2. The minimum atomic E-state index is -0.386. The minimum Gasteiger partial charge on any atom is -0.326 e. The van der Waals surface area contributed by atoms with Crippen LogP contribution in [0.2, 0.25) is 0 Å². The Morgan fingerprint density at radius 3 is 2.91 bits per heavy atom. The number of benzene rings is 1. The van der Waals surface area contributed by atoms with E-state index in [0.717, 1.165) is 29.7 Å². The summed E-state index contributed by atoms with van der Waals surface area (Å²) in [5.41, 5.74) is 2.91. The molecule has 1 aromatic carbocycles. The Balaban J connectivity index is 1.59. The fourth-order valence-electron chi connectivity index (χ4n) is 2.21. The van der Waals surface area contributed by atoms with E-state index < -0.39 is 0 Å². The smallest absolute Gasteiger partial charge is 0.240 e. The summed E-state index contributed by atoms with van der Waals surface area (Å²) in [7, 11) is 0. The van der Waals surface area contributed by atoms with Crippen molar-refractivity contribution in [2.75, 3.05) is 5.32 Å². The Bertz CT molecular complexity index is 653. The molecule has 1 saturated carbocycles. The lowest BCUT2D eigenvalue weighted by Crippen LogP contribution is -2.28. The number of hydrogen-bond acceptors (Lipinski definition) is 4. The highest BCUT2D eigenvalue weighted by Crippen LogP contribution is 2.29. The van der Waals surface area contributed by atoms with E-state index in [1.165, 1.54) is 11.8 Å². The Labute approximate surface area is 134 Å². The lowest BCUT2D eigenvalue weighted by molar-refractivity contribution is -0.122. The molecule has 2 amide bonds. The number of aryl methyl sites for hydroxylation is 2. The summed E-state index contributed by atoms with van der Waals surface area (Å²) in [6.45, 7) is 3.93. The molecule has 5 nitrogen and oxygen atoms in total. The van der Waals surface area contributed by atoms with Crippen molar-refractivity contribution in [3.63, 3.8) is 0 Å². The maximum Gasteiger partial charge on any atom is 0.240 e. The third-order valence-electron chi connectivity index (χ3n) is 3.66. The van der Waals surface area contributed by atoms with Gasteiger partial charge in [0.1, 0.15) is 5.25 Å². The van der Waals surface area contributed by atoms with Gasteiger partial charge in [-0.3, -0.25) is 14.6 Å². The fourth-order valence-corrected chi connectivity index (χ4v) is 3.25. The highest BCUT2D eigenvalue weighted by Gasteiger charge is 2.33. The average Bonchev–Trinajstić information content (AvgIpc) is 3.19. The fraction of sp³-hybridized carbons (Fsp3) is 0.438. The number of aliphatic imine (C=N–C) groups is 1. The Hall–Kier alpha value is -1.82. The average molecular weight is 317 g/mol. The second kappa shape index (κ2) is 6.12. The highest BCUT2D eigenvalue weighted by molar-refractivity contribution is 8.15. The number of nitrogens with one attached hydrogen (secondary N) is 2. The Morgan fingerprint density at radius 2 is 2.18 bits per heavy atom. The van der Waals surface area contributed by atoms with Gasteiger partial charge in [-0.2, -0.15) is 0 Å². The van der Waals surface area contributed by atoms with Gasteiger partial charge in [-0.25, -0.2) is 0 Å². The Morgan fingerprint density at radius 1 is 1.41 bits per heavy atom. The quantitative estimate of drug-likeness (QED) is 0.896. The van der Waals surface area contributed by atoms with E-state index in [1.54, 1.807) is 0 Å². The molecule has 1 aliphatic heterocycles. The zero-order chi connectivity index (χ0) is 15.7. The molecule has 1 unspecified atom stereocenters. The molecular weight excluding hydrogens is 298 g/mol. The number of carbonyl (C=O) groups is 2. The van der Waals surface area contributed by atoms with Gasteiger partial charge in [-0.15, -0.1) is 0 Å². The zero-order valence-corrected chi connectivity index (χ0v) is 13.5. The summed E-state index contributed by atoms with van der Waals surface area (Å²) in [6, 6.07) is 6.29. The minimum absolute atomic E-state index is 0.125. The van der Waals surface area contributed by atoms with E-state index in [1.807, 2.05) is 32.0 Å². The van der Waals surface area contributed by atoms with Gasteiger partial charge in [0, 0.05) is 12.1 Å². The van der Waals surface area contributed by atoms with Crippen LogP contribution in [-0.2, 0) is 9.59 Å². The van der Waals surface area contributed by atoms with Crippen molar-refractivity contribution in [3.8, 4) is 0 Å². The molecule has 22 heavy (non-hydrogen) atoms. The van der Waals surface area contributed by atoms with Gasteiger partial charge in [0.2, 0.25) is 11.8 Å². The second-order valence-electron chi connectivity index (χ2n) is 5.83. The molecule has 2 fully saturated rings. The molecule has 6 heteroatoms. The highest BCUT2D eigenvalue weighted by atomic mass is 32.2. The standard InChI is InChI=1S/C16H19N3O2S/c1-9-3-4-10(2)12(7-9)18-14(20)8-13-15(21)19-16(22-13)17-11-5-6-11/h3-4,7,11,13H,5-6,8H2,1-2H3,(H,18,20)(H,17,19,21). The van der Waals surface area contributed by atoms with Gasteiger partial charge >= 0.3 is 0 Å². The lowest BCUT2D eigenvalue weighted by Gasteiger charge is -2.10. The third-order valence-corrected chi connectivity index (χ3v) is 4.76. The van der Waals surface area contributed by atoms with Crippen LogP contribution in [0.3, 0.4) is 0 Å². The summed E-state index contributed by atoms with van der Waals surface area (Å²) in [5, 5.41) is 5.93. The lowest BCUT2D eigenvalue weighted by atomic mass is 10.1. The molecule has 2 aliphatic rings. The van der Waals surface area contributed by atoms with E-state index in [9.17, 15) is 9.59 Å². The number of thioether (sulfide) groups is 1. The van der Waals surface area contributed by atoms with Crippen LogP contribution in [0.1, 0.15) is 30.4 Å². The van der Waals surface area contributed by atoms with Crippen LogP contribution < -0.4 is 10.6 Å². The first-order valence-electron chi connectivity index (χ1n) is 7.43. The van der Waals surface area contributed by atoms with Gasteiger partial charge in [-0.1, -0.05) is 23.9 Å². The molecule has 3 rings (SSSR count). The van der Waals surface area contributed by atoms with E-state index in [-0.39, 0.29) is 23.5 Å². The summed E-state index contributed by atoms with van der Waals surface area (Å²) in [4.78, 5) is 28.5. The van der Waals surface area contributed by atoms with Gasteiger partial charge in [0.05, 0.1) is 6.04 Å². The van der Waals surface area contributed by atoms with Crippen LogP contribution in [0.15, 0.2) is 23.2 Å². The number of hydrogen-bond donors (Lipinski definition) is 2. The normalized spacial score (nSPS) is 22.7. The summed E-state index contributed by atoms with van der Waals surface area (Å²) >= 11 is 1.36. The molecule has 1 saturated heterocycles. The zero-order valence-electron chi connectivity index (χ0n) is 12.7. The second-order valence-corrected chi connectivity index (χ2v) is 7.02. The number of carbonyl (C=O) groups excluding carboxylic acids is 2. The van der Waals surface area contributed by atoms with Crippen LogP contribution in [0.25, 0.3) is 0 Å². The van der Waals surface area contributed by atoms with Crippen molar-refractivity contribution in [1.82, 2.24) is 5.32 Å².